The summed E-state index contributed by atoms with van der Waals surface area (Å²) in [5, 5.41) is 0. The zero-order valence-electron chi connectivity index (χ0n) is 15.9. The third-order valence-electron chi connectivity index (χ3n) is 5.77. The Bertz CT molecular complexity index is 653. The molecule has 0 saturated carbocycles. The van der Waals surface area contributed by atoms with Crippen LogP contribution in [0.25, 0.3) is 0 Å². The summed E-state index contributed by atoms with van der Waals surface area (Å²) in [6, 6.07) is 6.55. The number of carbonyl (C=O) groups is 1. The number of likely N-dealkylation sites (tertiary alicyclic amines) is 1. The van der Waals surface area contributed by atoms with E-state index in [2.05, 4.69) is 29.7 Å². The van der Waals surface area contributed by atoms with Gasteiger partial charge in [-0.15, -0.1) is 0 Å². The zero-order chi connectivity index (χ0) is 18.1. The molecular weight excluding hydrogens is 328 g/mol. The van der Waals surface area contributed by atoms with E-state index < -0.39 is 0 Å². The van der Waals surface area contributed by atoms with Crippen LogP contribution in [0.15, 0.2) is 18.2 Å². The van der Waals surface area contributed by atoms with Crippen molar-refractivity contribution in [3.05, 3.63) is 29.3 Å². The molecule has 0 N–H and O–H groups in total. The molecule has 3 unspecified atom stereocenters. The Morgan fingerprint density at radius 1 is 1.23 bits per heavy atom. The number of rotatable bonds is 4. The second-order valence-corrected chi connectivity index (χ2v) is 8.08. The number of hydrogen-bond donors (Lipinski definition) is 0. The van der Waals surface area contributed by atoms with Crippen molar-refractivity contribution in [2.45, 2.75) is 57.8 Å². The molecule has 26 heavy (non-hydrogen) atoms. The molecule has 3 heterocycles. The Balaban J connectivity index is 1.37. The molecule has 3 aliphatic rings. The molecule has 3 aliphatic heterocycles. The van der Waals surface area contributed by atoms with Crippen molar-refractivity contribution in [1.29, 1.82) is 0 Å². The highest BCUT2D eigenvalue weighted by Crippen LogP contribution is 2.27. The van der Waals surface area contributed by atoms with Crippen LogP contribution in [-0.2, 0) is 22.4 Å². The lowest BCUT2D eigenvalue weighted by Gasteiger charge is -2.38. The van der Waals surface area contributed by atoms with E-state index in [0.717, 1.165) is 63.4 Å². The first-order valence-electron chi connectivity index (χ1n) is 10.0. The molecule has 3 atom stereocenters. The van der Waals surface area contributed by atoms with Crippen molar-refractivity contribution < 1.29 is 14.3 Å². The molecule has 4 rings (SSSR count). The molecule has 142 valence electrons. The lowest BCUT2D eigenvalue weighted by molar-refractivity contribution is -0.132. The topological polar surface area (TPSA) is 42.0 Å². The van der Waals surface area contributed by atoms with Gasteiger partial charge in [0.1, 0.15) is 5.75 Å². The summed E-state index contributed by atoms with van der Waals surface area (Å²) in [4.78, 5) is 17.5. The molecule has 0 aromatic heterocycles. The number of fused-ring (bicyclic) bond motifs is 1. The van der Waals surface area contributed by atoms with Crippen LogP contribution in [0.1, 0.15) is 37.8 Å². The third kappa shape index (κ3) is 3.89. The average molecular weight is 358 g/mol. The van der Waals surface area contributed by atoms with Crippen LogP contribution >= 0.6 is 0 Å². The summed E-state index contributed by atoms with van der Waals surface area (Å²) in [5.74, 6) is 1.25. The highest BCUT2D eigenvalue weighted by atomic mass is 16.5. The van der Waals surface area contributed by atoms with E-state index in [1.54, 1.807) is 0 Å². The molecule has 2 fully saturated rings. The van der Waals surface area contributed by atoms with Crippen molar-refractivity contribution in [1.82, 2.24) is 9.80 Å². The normalized spacial score (nSPS) is 28.8. The lowest BCUT2D eigenvalue weighted by Crippen LogP contribution is -2.51. The molecule has 0 bridgehead atoms. The number of carbonyl (C=O) groups excluding carboxylic acids is 1. The SMILES string of the molecule is CC1CN(CC2CCCN2C(=O)Cc2ccc3c(c2)CCO3)CC(C)O1. The third-order valence-corrected chi connectivity index (χ3v) is 5.77. The van der Waals surface area contributed by atoms with Crippen LogP contribution in [0.2, 0.25) is 0 Å². The van der Waals surface area contributed by atoms with E-state index in [0.29, 0.717) is 12.5 Å². The smallest absolute Gasteiger partial charge is 0.227 e. The first-order chi connectivity index (χ1) is 12.6. The summed E-state index contributed by atoms with van der Waals surface area (Å²) in [6.07, 6.45) is 4.24. The van der Waals surface area contributed by atoms with Gasteiger partial charge >= 0.3 is 0 Å². The summed E-state index contributed by atoms with van der Waals surface area (Å²) in [6.45, 7) is 8.84. The zero-order valence-corrected chi connectivity index (χ0v) is 15.9. The highest BCUT2D eigenvalue weighted by molar-refractivity contribution is 5.79. The standard InChI is InChI=1S/C21H30N2O3/c1-15-12-22(13-16(2)26-15)14-19-4-3-8-23(19)21(24)11-17-5-6-20-18(10-17)7-9-25-20/h5-6,10,15-16,19H,3-4,7-9,11-14H2,1-2H3. The Hall–Kier alpha value is -1.59. The van der Waals surface area contributed by atoms with Crippen LogP contribution in [0, 0.1) is 0 Å². The van der Waals surface area contributed by atoms with Crippen molar-refractivity contribution in [2.24, 2.45) is 0 Å². The summed E-state index contributed by atoms with van der Waals surface area (Å²) < 4.78 is 11.4. The van der Waals surface area contributed by atoms with Gasteiger partial charge in [-0.2, -0.15) is 0 Å². The molecule has 5 heteroatoms. The van der Waals surface area contributed by atoms with Gasteiger partial charge in [-0.05, 0) is 43.9 Å². The van der Waals surface area contributed by atoms with Gasteiger partial charge in [0.2, 0.25) is 5.91 Å². The van der Waals surface area contributed by atoms with E-state index in [9.17, 15) is 4.79 Å². The molecule has 0 radical (unpaired) electrons. The van der Waals surface area contributed by atoms with E-state index in [4.69, 9.17) is 9.47 Å². The molecule has 1 amide bonds. The monoisotopic (exact) mass is 358 g/mol. The highest BCUT2D eigenvalue weighted by Gasteiger charge is 2.32. The maximum Gasteiger partial charge on any atom is 0.227 e. The summed E-state index contributed by atoms with van der Waals surface area (Å²) in [7, 11) is 0. The number of morpholine rings is 1. The largest absolute Gasteiger partial charge is 0.493 e. The van der Waals surface area contributed by atoms with Gasteiger partial charge in [-0.3, -0.25) is 9.69 Å². The molecule has 5 nitrogen and oxygen atoms in total. The Labute approximate surface area is 156 Å². The van der Waals surface area contributed by atoms with E-state index in [-0.39, 0.29) is 18.1 Å². The minimum absolute atomic E-state index is 0.265. The number of hydrogen-bond acceptors (Lipinski definition) is 4. The first kappa shape index (κ1) is 17.8. The minimum atomic E-state index is 0.265. The maximum absolute atomic E-state index is 12.9. The number of benzene rings is 1. The van der Waals surface area contributed by atoms with Gasteiger partial charge in [0.05, 0.1) is 25.2 Å². The molecular formula is C21H30N2O3. The first-order valence-corrected chi connectivity index (χ1v) is 10.0. The van der Waals surface area contributed by atoms with E-state index in [1.165, 1.54) is 5.56 Å². The number of ether oxygens (including phenoxy) is 2. The Morgan fingerprint density at radius 3 is 2.85 bits per heavy atom. The van der Waals surface area contributed by atoms with Crippen molar-refractivity contribution in [2.75, 3.05) is 32.8 Å². The second-order valence-electron chi connectivity index (χ2n) is 8.08. The summed E-state index contributed by atoms with van der Waals surface area (Å²) in [5.41, 5.74) is 2.35. The van der Waals surface area contributed by atoms with Crippen LogP contribution < -0.4 is 4.74 Å². The van der Waals surface area contributed by atoms with Crippen LogP contribution in [0.4, 0.5) is 0 Å². The van der Waals surface area contributed by atoms with Crippen LogP contribution in [0.3, 0.4) is 0 Å². The molecule has 1 aromatic carbocycles. The lowest BCUT2D eigenvalue weighted by atomic mass is 10.1. The predicted octanol–water partition coefficient (Wildman–Crippen LogP) is 2.26. The maximum atomic E-state index is 12.9. The molecule has 0 aliphatic carbocycles. The second kappa shape index (κ2) is 7.57. The van der Waals surface area contributed by atoms with Gasteiger partial charge in [0.25, 0.3) is 0 Å². The fraction of sp³-hybridized carbons (Fsp3) is 0.667. The van der Waals surface area contributed by atoms with Gasteiger partial charge in [0, 0.05) is 38.6 Å². The van der Waals surface area contributed by atoms with Crippen molar-refractivity contribution in [3.8, 4) is 5.75 Å². The molecule has 0 spiro atoms. The quantitative estimate of drug-likeness (QED) is 0.828. The number of nitrogens with zero attached hydrogens (tertiary/aromatic N) is 2. The fourth-order valence-corrected chi connectivity index (χ4v) is 4.71. The fourth-order valence-electron chi connectivity index (χ4n) is 4.71. The van der Waals surface area contributed by atoms with E-state index >= 15 is 0 Å². The van der Waals surface area contributed by atoms with Crippen molar-refractivity contribution in [3.63, 3.8) is 0 Å². The van der Waals surface area contributed by atoms with Crippen LogP contribution in [0.5, 0.6) is 5.75 Å². The molecule has 1 aromatic rings. The van der Waals surface area contributed by atoms with Crippen LogP contribution in [-0.4, -0.2) is 66.7 Å². The minimum Gasteiger partial charge on any atom is -0.493 e. The Morgan fingerprint density at radius 2 is 2.04 bits per heavy atom. The van der Waals surface area contributed by atoms with Gasteiger partial charge in [-0.1, -0.05) is 12.1 Å². The number of amides is 1. The summed E-state index contributed by atoms with van der Waals surface area (Å²) >= 11 is 0. The van der Waals surface area contributed by atoms with Gasteiger partial charge < -0.3 is 14.4 Å². The Kier molecular flexibility index (Phi) is 5.18. The molecule has 2 saturated heterocycles. The van der Waals surface area contributed by atoms with E-state index in [1.807, 2.05) is 12.1 Å². The predicted molar refractivity (Wildman–Crippen MR) is 101 cm³/mol. The van der Waals surface area contributed by atoms with Gasteiger partial charge in [-0.25, -0.2) is 0 Å². The van der Waals surface area contributed by atoms with Gasteiger partial charge in [0.15, 0.2) is 0 Å². The van der Waals surface area contributed by atoms with Crippen molar-refractivity contribution >= 4 is 5.91 Å². The average Bonchev–Trinajstić information content (AvgIpc) is 3.22.